The molecule has 1 aliphatic heterocycles. The highest BCUT2D eigenvalue weighted by Crippen LogP contribution is 2.33. The third-order valence-corrected chi connectivity index (χ3v) is 4.99. The summed E-state index contributed by atoms with van der Waals surface area (Å²) >= 11 is 0. The van der Waals surface area contributed by atoms with Crippen molar-refractivity contribution >= 4 is 17.0 Å². The molecular formula is C20H25N5O5. The van der Waals surface area contributed by atoms with Crippen molar-refractivity contribution in [2.24, 2.45) is 0 Å². The quantitative estimate of drug-likeness (QED) is 0.283. The number of nitrogens with two attached hydrogens (primary N) is 1. The van der Waals surface area contributed by atoms with Crippen LogP contribution < -0.4 is 5.73 Å². The fraction of sp³-hybridized carbons (Fsp3) is 0.450. The van der Waals surface area contributed by atoms with Gasteiger partial charge in [-0.15, -0.1) is 0 Å². The van der Waals surface area contributed by atoms with Crippen molar-refractivity contribution in [3.63, 3.8) is 0 Å². The van der Waals surface area contributed by atoms with Crippen LogP contribution in [0.3, 0.4) is 0 Å². The normalized spacial score (nSPS) is 24.0. The molecule has 4 N–H and O–H groups in total. The molecule has 0 bridgehead atoms. The summed E-state index contributed by atoms with van der Waals surface area (Å²) in [5.41, 5.74) is 7.67. The van der Waals surface area contributed by atoms with Crippen molar-refractivity contribution in [3.05, 3.63) is 36.7 Å². The van der Waals surface area contributed by atoms with E-state index in [9.17, 15) is 10.2 Å². The second-order valence-corrected chi connectivity index (χ2v) is 7.13. The van der Waals surface area contributed by atoms with Gasteiger partial charge >= 0.3 is 0 Å². The molecule has 0 amide bonds. The molecule has 0 spiro atoms. The first kappa shape index (κ1) is 20.6. The molecule has 0 unspecified atom stereocenters. The van der Waals surface area contributed by atoms with Crippen LogP contribution in [-0.4, -0.2) is 61.3 Å². The molecule has 1 aromatic carbocycles. The van der Waals surface area contributed by atoms with Crippen LogP contribution in [0, 0.1) is 0 Å². The number of aliphatic hydroxyl groups is 2. The minimum Gasteiger partial charge on any atom is -0.387 e. The molecule has 4 rings (SSSR count). The Morgan fingerprint density at radius 2 is 1.93 bits per heavy atom. The van der Waals surface area contributed by atoms with E-state index in [0.29, 0.717) is 23.6 Å². The van der Waals surface area contributed by atoms with Gasteiger partial charge in [-0.3, -0.25) is 4.57 Å². The van der Waals surface area contributed by atoms with E-state index in [1.54, 1.807) is 4.57 Å². The molecule has 10 nitrogen and oxygen atoms in total. The summed E-state index contributed by atoms with van der Waals surface area (Å²) in [5.74, 6) is 0.648. The van der Waals surface area contributed by atoms with Gasteiger partial charge in [-0.1, -0.05) is 43.7 Å². The van der Waals surface area contributed by atoms with Gasteiger partial charge in [-0.2, -0.15) is 0 Å². The van der Waals surface area contributed by atoms with Gasteiger partial charge in [0.15, 0.2) is 23.5 Å². The van der Waals surface area contributed by atoms with Gasteiger partial charge in [0, 0.05) is 5.56 Å². The van der Waals surface area contributed by atoms with E-state index in [2.05, 4.69) is 15.0 Å². The van der Waals surface area contributed by atoms with E-state index >= 15 is 0 Å². The standard InChI is InChI=1S/C20H25N5O5/c1-2-3-9-28-29-10-13-15(26)16(27)20(30-13)25-11-22-14-17(21)23-18(24-19(14)25)12-7-5-4-6-8-12/h4-8,11,13,15-16,20,26-27H,2-3,9-10H2,1H3,(H2,21,23,24)/t13-,15-,16-,20-/m1/s1. The van der Waals surface area contributed by atoms with Gasteiger partial charge in [0.2, 0.25) is 0 Å². The highest BCUT2D eigenvalue weighted by Gasteiger charge is 2.44. The molecule has 1 saturated heterocycles. The average Bonchev–Trinajstić information content (AvgIpc) is 3.30. The Morgan fingerprint density at radius 1 is 1.13 bits per heavy atom. The molecule has 3 aromatic rings. The van der Waals surface area contributed by atoms with Crippen LogP contribution in [0.1, 0.15) is 26.0 Å². The first-order chi connectivity index (χ1) is 14.6. The Hall–Kier alpha value is -2.63. The Kier molecular flexibility index (Phi) is 6.21. The number of unbranched alkanes of at least 4 members (excludes halogenated alkanes) is 1. The molecule has 2 aromatic heterocycles. The summed E-state index contributed by atoms with van der Waals surface area (Å²) in [6.07, 6.45) is -0.727. The van der Waals surface area contributed by atoms with Crippen LogP contribution in [0.25, 0.3) is 22.6 Å². The number of fused-ring (bicyclic) bond motifs is 1. The van der Waals surface area contributed by atoms with Crippen LogP contribution in [0.4, 0.5) is 5.82 Å². The number of benzene rings is 1. The summed E-state index contributed by atoms with van der Waals surface area (Å²) in [4.78, 5) is 23.3. The third-order valence-electron chi connectivity index (χ3n) is 4.99. The smallest absolute Gasteiger partial charge is 0.168 e. The van der Waals surface area contributed by atoms with Crippen molar-refractivity contribution in [1.29, 1.82) is 0 Å². The third kappa shape index (κ3) is 4.00. The first-order valence-electron chi connectivity index (χ1n) is 9.91. The maximum atomic E-state index is 10.6. The number of hydrogen-bond acceptors (Lipinski definition) is 9. The Morgan fingerprint density at radius 3 is 2.70 bits per heavy atom. The number of hydrogen-bond donors (Lipinski definition) is 3. The average molecular weight is 415 g/mol. The number of ether oxygens (including phenoxy) is 1. The van der Waals surface area contributed by atoms with E-state index in [4.69, 9.17) is 20.2 Å². The fourth-order valence-corrected chi connectivity index (χ4v) is 3.31. The lowest BCUT2D eigenvalue weighted by Gasteiger charge is -2.16. The van der Waals surface area contributed by atoms with Crippen molar-refractivity contribution in [1.82, 2.24) is 19.5 Å². The highest BCUT2D eigenvalue weighted by molar-refractivity contribution is 5.83. The van der Waals surface area contributed by atoms with Crippen LogP contribution in [0.5, 0.6) is 0 Å². The molecular weight excluding hydrogens is 390 g/mol. The van der Waals surface area contributed by atoms with Crippen molar-refractivity contribution < 1.29 is 24.7 Å². The van der Waals surface area contributed by atoms with Crippen molar-refractivity contribution in [2.45, 2.75) is 44.3 Å². The zero-order valence-corrected chi connectivity index (χ0v) is 16.6. The van der Waals surface area contributed by atoms with Gasteiger partial charge in [0.05, 0.1) is 12.9 Å². The Balaban J connectivity index is 1.57. The largest absolute Gasteiger partial charge is 0.387 e. The van der Waals surface area contributed by atoms with Crippen LogP contribution >= 0.6 is 0 Å². The monoisotopic (exact) mass is 415 g/mol. The summed E-state index contributed by atoms with van der Waals surface area (Å²) < 4.78 is 7.39. The summed E-state index contributed by atoms with van der Waals surface area (Å²) in [6.45, 7) is 2.48. The molecule has 0 saturated carbocycles. The number of aromatic nitrogens is 4. The topological polar surface area (TPSA) is 138 Å². The molecule has 0 radical (unpaired) electrons. The second kappa shape index (κ2) is 9.02. The lowest BCUT2D eigenvalue weighted by atomic mass is 10.1. The van der Waals surface area contributed by atoms with Gasteiger partial charge in [-0.05, 0) is 6.42 Å². The van der Waals surface area contributed by atoms with E-state index in [1.807, 2.05) is 37.3 Å². The molecule has 160 valence electrons. The SMILES string of the molecule is CCCCOOC[C@H]1O[C@@H](n2cnc3c(N)nc(-c4ccccc4)nc32)[C@H](O)[C@@H]1O. The summed E-state index contributed by atoms with van der Waals surface area (Å²) in [6, 6.07) is 9.40. The van der Waals surface area contributed by atoms with E-state index < -0.39 is 24.5 Å². The molecule has 3 heterocycles. The molecule has 1 fully saturated rings. The number of nitrogen functional groups attached to an aromatic ring is 1. The number of rotatable bonds is 8. The minimum atomic E-state index is -1.21. The minimum absolute atomic E-state index is 0.0164. The van der Waals surface area contributed by atoms with Gasteiger partial charge in [0.25, 0.3) is 0 Å². The zero-order chi connectivity index (χ0) is 21.1. The van der Waals surface area contributed by atoms with Crippen LogP contribution in [0.2, 0.25) is 0 Å². The number of aliphatic hydroxyl groups excluding tert-OH is 2. The lowest BCUT2D eigenvalue weighted by molar-refractivity contribution is -0.310. The predicted molar refractivity (Wildman–Crippen MR) is 108 cm³/mol. The Bertz CT molecular complexity index is 982. The van der Waals surface area contributed by atoms with E-state index in [0.717, 1.165) is 18.4 Å². The predicted octanol–water partition coefficient (Wildman–Crippen LogP) is 1.44. The first-order valence-corrected chi connectivity index (χ1v) is 9.91. The molecule has 1 aliphatic rings. The molecule has 0 aliphatic carbocycles. The fourth-order valence-electron chi connectivity index (χ4n) is 3.31. The zero-order valence-electron chi connectivity index (χ0n) is 16.6. The maximum Gasteiger partial charge on any atom is 0.168 e. The molecule has 30 heavy (non-hydrogen) atoms. The number of nitrogens with zero attached hydrogens (tertiary/aromatic N) is 4. The van der Waals surface area contributed by atoms with Crippen molar-refractivity contribution in [3.8, 4) is 11.4 Å². The van der Waals surface area contributed by atoms with Gasteiger partial charge < -0.3 is 20.7 Å². The lowest BCUT2D eigenvalue weighted by Crippen LogP contribution is -2.33. The summed E-state index contributed by atoms with van der Waals surface area (Å²) in [5, 5.41) is 20.9. The summed E-state index contributed by atoms with van der Waals surface area (Å²) in [7, 11) is 0. The van der Waals surface area contributed by atoms with Crippen LogP contribution in [-0.2, 0) is 14.5 Å². The van der Waals surface area contributed by atoms with Crippen LogP contribution in [0.15, 0.2) is 36.7 Å². The molecule has 4 atom stereocenters. The van der Waals surface area contributed by atoms with Gasteiger partial charge in [-0.25, -0.2) is 24.7 Å². The number of anilines is 1. The second-order valence-electron chi connectivity index (χ2n) is 7.13. The molecule has 10 heteroatoms. The number of imidazole rings is 1. The van der Waals surface area contributed by atoms with Crippen molar-refractivity contribution in [2.75, 3.05) is 18.9 Å². The Labute approximate surface area is 173 Å². The van der Waals surface area contributed by atoms with E-state index in [1.165, 1.54) is 6.33 Å². The highest BCUT2D eigenvalue weighted by atomic mass is 17.2. The maximum absolute atomic E-state index is 10.6. The van der Waals surface area contributed by atoms with E-state index in [-0.39, 0.29) is 12.4 Å². The van der Waals surface area contributed by atoms with Gasteiger partial charge in [0.1, 0.15) is 30.4 Å².